The molecule has 5 aromatic rings. The van der Waals surface area contributed by atoms with Gasteiger partial charge < -0.3 is 19.9 Å². The Balaban J connectivity index is 1.27. The van der Waals surface area contributed by atoms with E-state index in [4.69, 9.17) is 4.98 Å². The zero-order chi connectivity index (χ0) is 28.1. The maximum absolute atomic E-state index is 14.0. The number of aromatic amines is 1. The summed E-state index contributed by atoms with van der Waals surface area (Å²) in [6.45, 7) is 0.555. The number of nitrogens with one attached hydrogen (secondary N) is 4. The number of hydrazine groups is 1. The van der Waals surface area contributed by atoms with Gasteiger partial charge in [-0.05, 0) is 47.7 Å². The van der Waals surface area contributed by atoms with Crippen LogP contribution in [0.3, 0.4) is 0 Å². The van der Waals surface area contributed by atoms with Gasteiger partial charge in [0, 0.05) is 41.2 Å². The first kappa shape index (κ1) is 25.1. The number of aldehydes is 1. The van der Waals surface area contributed by atoms with E-state index in [1.54, 1.807) is 30.9 Å². The fraction of sp³-hybridized carbons (Fsp3) is 0.100. The van der Waals surface area contributed by atoms with Crippen molar-refractivity contribution in [3.63, 3.8) is 0 Å². The van der Waals surface area contributed by atoms with Gasteiger partial charge in [-0.15, -0.1) is 0 Å². The number of carbonyl (C=O) groups excluding carboxylic acids is 2. The predicted molar refractivity (Wildman–Crippen MR) is 160 cm³/mol. The van der Waals surface area contributed by atoms with Crippen LogP contribution >= 0.6 is 10.2 Å². The maximum Gasteiger partial charge on any atom is 0.209 e. The Hall–Kier alpha value is -4.87. The molecule has 1 fully saturated rings. The lowest BCUT2D eigenvalue weighted by Gasteiger charge is -2.17. The summed E-state index contributed by atoms with van der Waals surface area (Å²) in [5.41, 5.74) is 14.5. The van der Waals surface area contributed by atoms with Gasteiger partial charge in [-0.25, -0.2) is 14.8 Å². The van der Waals surface area contributed by atoms with Crippen LogP contribution in [0.1, 0.15) is 11.4 Å². The van der Waals surface area contributed by atoms with Crippen LogP contribution < -0.4 is 15.6 Å². The molecule has 0 amide bonds. The van der Waals surface area contributed by atoms with Crippen LogP contribution in [0.15, 0.2) is 79.4 Å². The van der Waals surface area contributed by atoms with Crippen molar-refractivity contribution in [3.8, 4) is 22.3 Å². The first-order chi connectivity index (χ1) is 19.9. The molecule has 7 rings (SSSR count). The lowest BCUT2D eigenvalue weighted by atomic mass is 9.97. The molecule has 2 atom stereocenters. The summed E-state index contributed by atoms with van der Waals surface area (Å²) in [6, 6.07) is 14.4. The Labute approximate surface area is 235 Å². The Morgan fingerprint density at radius 2 is 1.88 bits per heavy atom. The number of aromatic nitrogens is 4. The monoisotopic (exact) mass is 565 g/mol. The van der Waals surface area contributed by atoms with Crippen molar-refractivity contribution in [2.75, 3.05) is 22.9 Å². The van der Waals surface area contributed by atoms with Crippen LogP contribution in [-0.4, -0.2) is 49.4 Å². The van der Waals surface area contributed by atoms with E-state index in [2.05, 4.69) is 36.6 Å². The van der Waals surface area contributed by atoms with Gasteiger partial charge in [-0.1, -0.05) is 34.5 Å². The third-order valence-electron chi connectivity index (χ3n) is 7.35. The molecule has 3 aromatic heterocycles. The average Bonchev–Trinajstić information content (AvgIpc) is 3.32. The van der Waals surface area contributed by atoms with Crippen molar-refractivity contribution in [1.82, 2.24) is 25.4 Å². The highest BCUT2D eigenvalue weighted by Gasteiger charge is 2.57. The third-order valence-corrected chi connectivity index (χ3v) is 10.2. The van der Waals surface area contributed by atoms with Gasteiger partial charge in [0.15, 0.2) is 0 Å². The highest BCUT2D eigenvalue weighted by Crippen LogP contribution is 2.65. The number of nitrogens with zero attached hydrogens (tertiary/aromatic N) is 3. The third kappa shape index (κ3) is 4.35. The summed E-state index contributed by atoms with van der Waals surface area (Å²) in [6.07, 6.45) is 11.4. The van der Waals surface area contributed by atoms with Gasteiger partial charge in [-0.3, -0.25) is 14.8 Å². The Kier molecular flexibility index (Phi) is 5.91. The number of anilines is 2. The standard InChI is InChI=1S/C30H24FN7O2S/c1-41(27(16-39)30(41)40)38-21-10-19(12-32-13-21)17-5-6-25-23(11-17)22(7-8-34-37-25)29-35-26-15-33-14-24(28(26)36-29)18-3-2-4-20(31)9-18/h2-7,9-16,27,34,37-38H,8H2,1H3,(H,35,36). The molecule has 11 heteroatoms. The van der Waals surface area contributed by atoms with Crippen molar-refractivity contribution in [2.45, 2.75) is 5.25 Å². The molecule has 0 bridgehead atoms. The molecule has 0 spiro atoms. The second kappa shape index (κ2) is 9.65. The summed E-state index contributed by atoms with van der Waals surface area (Å²) < 4.78 is 17.2. The number of imidazole rings is 1. The Bertz CT molecular complexity index is 1910. The Morgan fingerprint density at radius 3 is 2.71 bits per heavy atom. The number of fused-ring (bicyclic) bond motifs is 2. The highest BCUT2D eigenvalue weighted by molar-refractivity contribution is 8.55. The summed E-state index contributed by atoms with van der Waals surface area (Å²) in [4.78, 5) is 40.5. The van der Waals surface area contributed by atoms with Crippen molar-refractivity contribution in [3.05, 3.63) is 96.6 Å². The van der Waals surface area contributed by atoms with Crippen molar-refractivity contribution in [2.24, 2.45) is 0 Å². The average molecular weight is 566 g/mol. The van der Waals surface area contributed by atoms with E-state index in [9.17, 15) is 14.0 Å². The van der Waals surface area contributed by atoms with E-state index in [1.165, 1.54) is 12.1 Å². The van der Waals surface area contributed by atoms with E-state index in [0.717, 1.165) is 45.3 Å². The van der Waals surface area contributed by atoms with Crippen LogP contribution in [0.4, 0.5) is 15.8 Å². The molecule has 5 heterocycles. The normalized spacial score (nSPS) is 21.2. The number of carbonyl (C=O) groups is 2. The summed E-state index contributed by atoms with van der Waals surface area (Å²) in [5.74, 6) is 0.337. The number of H-pyrrole nitrogens is 1. The van der Waals surface area contributed by atoms with Crippen LogP contribution in [0.5, 0.6) is 0 Å². The molecule has 1 saturated heterocycles. The van der Waals surface area contributed by atoms with Crippen LogP contribution in [0, 0.1) is 5.82 Å². The molecular weight excluding hydrogens is 541 g/mol. The fourth-order valence-electron chi connectivity index (χ4n) is 5.13. The number of pyridine rings is 2. The second-order valence-electron chi connectivity index (χ2n) is 9.98. The van der Waals surface area contributed by atoms with Gasteiger partial charge in [0.2, 0.25) is 5.12 Å². The summed E-state index contributed by atoms with van der Waals surface area (Å²) in [5, 5.41) is -0.608. The lowest BCUT2D eigenvalue weighted by Crippen LogP contribution is -2.20. The minimum Gasteiger partial charge on any atom is -0.339 e. The van der Waals surface area contributed by atoms with E-state index >= 15 is 0 Å². The molecule has 0 radical (unpaired) electrons. The van der Waals surface area contributed by atoms with Gasteiger partial charge in [0.25, 0.3) is 0 Å². The molecule has 2 unspecified atom stereocenters. The van der Waals surface area contributed by atoms with E-state index in [1.807, 2.05) is 36.6 Å². The molecule has 4 N–H and O–H groups in total. The van der Waals surface area contributed by atoms with E-state index in [-0.39, 0.29) is 10.9 Å². The lowest BCUT2D eigenvalue weighted by molar-refractivity contribution is -0.112. The second-order valence-corrected chi connectivity index (χ2v) is 13.1. The topological polar surface area (TPSA) is 125 Å². The van der Waals surface area contributed by atoms with Crippen LogP contribution in [0.2, 0.25) is 0 Å². The summed E-state index contributed by atoms with van der Waals surface area (Å²) >= 11 is 0. The van der Waals surface area contributed by atoms with E-state index in [0.29, 0.717) is 29.1 Å². The minimum atomic E-state index is -1.86. The smallest absolute Gasteiger partial charge is 0.209 e. The number of hydrogen-bond donors (Lipinski definition) is 4. The van der Waals surface area contributed by atoms with Crippen molar-refractivity contribution in [1.29, 1.82) is 0 Å². The maximum atomic E-state index is 14.0. The highest BCUT2D eigenvalue weighted by atomic mass is 32.3. The number of benzene rings is 2. The molecule has 204 valence electrons. The molecule has 2 aliphatic heterocycles. The Morgan fingerprint density at radius 1 is 1.00 bits per heavy atom. The largest absolute Gasteiger partial charge is 0.339 e. The fourth-order valence-corrected chi connectivity index (χ4v) is 7.35. The number of rotatable bonds is 6. The molecule has 2 aliphatic rings. The predicted octanol–water partition coefficient (Wildman–Crippen LogP) is 5.06. The van der Waals surface area contributed by atoms with Gasteiger partial charge in [0.05, 0.1) is 34.8 Å². The molecular formula is C30H24FN7O2S. The van der Waals surface area contributed by atoms with Gasteiger partial charge in [-0.2, -0.15) is 0 Å². The van der Waals surface area contributed by atoms with E-state index < -0.39 is 15.5 Å². The van der Waals surface area contributed by atoms with Crippen molar-refractivity contribution >= 4 is 49.6 Å². The minimum absolute atomic E-state index is 0.0436. The molecule has 0 saturated carbocycles. The van der Waals surface area contributed by atoms with Gasteiger partial charge in [0.1, 0.15) is 23.2 Å². The molecule has 2 aromatic carbocycles. The molecule has 0 aliphatic carbocycles. The first-order valence-corrected chi connectivity index (χ1v) is 15.0. The number of halogens is 1. The first-order valence-electron chi connectivity index (χ1n) is 12.9. The molecule has 9 nitrogen and oxygen atoms in total. The number of hydrogen-bond acceptors (Lipinski definition) is 8. The van der Waals surface area contributed by atoms with Crippen LogP contribution in [0.25, 0.3) is 38.9 Å². The zero-order valence-electron chi connectivity index (χ0n) is 21.8. The van der Waals surface area contributed by atoms with Crippen LogP contribution in [-0.2, 0) is 9.59 Å². The van der Waals surface area contributed by atoms with Gasteiger partial charge >= 0.3 is 0 Å². The zero-order valence-corrected chi connectivity index (χ0v) is 22.6. The van der Waals surface area contributed by atoms with Crippen molar-refractivity contribution < 1.29 is 14.0 Å². The summed E-state index contributed by atoms with van der Waals surface area (Å²) in [7, 11) is -1.86. The quantitative estimate of drug-likeness (QED) is 0.128. The molecule has 41 heavy (non-hydrogen) atoms. The SMILES string of the molecule is CS1(Nc2cncc(-c3ccc4c(c3)C(c3nc5c(-c6cccc(F)c6)cncc5[nH]3)=CCNN4)c2)C(=O)C1C=O.